The summed E-state index contributed by atoms with van der Waals surface area (Å²) in [4.78, 5) is 5.63. The molecule has 0 amide bonds. The van der Waals surface area contributed by atoms with Crippen molar-refractivity contribution in [3.63, 3.8) is 0 Å². The van der Waals surface area contributed by atoms with Gasteiger partial charge in [-0.3, -0.25) is 10.1 Å². The Labute approximate surface area is 196 Å². The largest absolute Gasteiger partial charge is 0.489 e. The second-order valence-corrected chi connectivity index (χ2v) is 11.4. The van der Waals surface area contributed by atoms with E-state index in [9.17, 15) is 4.21 Å². The zero-order chi connectivity index (χ0) is 23.3. The van der Waals surface area contributed by atoms with Gasteiger partial charge in [0.1, 0.15) is 11.4 Å². The van der Waals surface area contributed by atoms with E-state index < -0.39 is 9.71 Å². The van der Waals surface area contributed by atoms with E-state index in [4.69, 9.17) is 14.9 Å². The molecule has 2 unspecified atom stereocenters. The van der Waals surface area contributed by atoms with Crippen molar-refractivity contribution < 1.29 is 8.95 Å². The van der Waals surface area contributed by atoms with Crippen LogP contribution in [0.15, 0.2) is 63.7 Å². The van der Waals surface area contributed by atoms with Gasteiger partial charge in [-0.25, -0.2) is 4.21 Å². The molecule has 4 nitrogen and oxygen atoms in total. The fraction of sp³-hybridized carbons (Fsp3) is 0.321. The van der Waals surface area contributed by atoms with Crippen LogP contribution in [0.1, 0.15) is 62.3 Å². The summed E-state index contributed by atoms with van der Waals surface area (Å²) in [6, 6.07) is 13.5. The molecule has 0 saturated heterocycles. The number of nitrogens with zero attached hydrogens (tertiary/aromatic N) is 1. The maximum absolute atomic E-state index is 13.1. The summed E-state index contributed by atoms with van der Waals surface area (Å²) in [6.45, 7) is 8.40. The predicted molar refractivity (Wildman–Crippen MR) is 136 cm³/mol. The van der Waals surface area contributed by atoms with Crippen molar-refractivity contribution in [3.05, 3.63) is 80.5 Å². The van der Waals surface area contributed by atoms with Crippen LogP contribution in [0.3, 0.4) is 0 Å². The van der Waals surface area contributed by atoms with E-state index in [1.807, 2.05) is 26.0 Å². The Hall–Kier alpha value is -2.85. The molecule has 0 radical (unpaired) electrons. The van der Waals surface area contributed by atoms with Crippen LogP contribution in [0.25, 0.3) is 6.08 Å². The lowest BCUT2D eigenvalue weighted by atomic mass is 9.80. The van der Waals surface area contributed by atoms with Crippen molar-refractivity contribution in [3.8, 4) is 5.75 Å². The molecule has 5 rings (SSSR count). The number of rotatable bonds is 5. The minimum absolute atomic E-state index is 0.0103. The highest BCUT2D eigenvalue weighted by atomic mass is 32.2. The summed E-state index contributed by atoms with van der Waals surface area (Å²) < 4.78 is 19.8. The van der Waals surface area contributed by atoms with Crippen molar-refractivity contribution in [2.75, 3.05) is 0 Å². The van der Waals surface area contributed by atoms with E-state index in [2.05, 4.69) is 37.8 Å². The van der Waals surface area contributed by atoms with Crippen LogP contribution < -0.4 is 9.88 Å². The highest BCUT2D eigenvalue weighted by molar-refractivity contribution is 7.93. The standard InChI is InChI=1S/C28H30N2O2S/c1-5-24-18(4)6-7-19-8-9-20-14-21(15-25(20)28(19)24)30-26-16-23(33(29,31)22-10-11-22)12-13-27(26)32-17(2)3/h7-13,16-17,24H,5,14-15H2,1-4H3,(H2,29,31). The molecule has 2 N–H and O–H groups in total. The normalized spacial score (nSPS) is 20.1. The summed E-state index contributed by atoms with van der Waals surface area (Å²) in [5.41, 5.74) is 12.0. The molecule has 0 fully saturated rings. The zero-order valence-corrected chi connectivity index (χ0v) is 20.5. The third kappa shape index (κ3) is 4.02. The molecule has 3 aromatic carbocycles. The summed E-state index contributed by atoms with van der Waals surface area (Å²) in [7, 11) is -2.73. The molecule has 0 saturated carbocycles. The molecule has 5 heteroatoms. The number of hydrogen-bond acceptors (Lipinski definition) is 3. The van der Waals surface area contributed by atoms with Crippen molar-refractivity contribution in [2.24, 2.45) is 10.1 Å². The number of hydrogen-bond donors (Lipinski definition) is 1. The number of allylic oxidation sites excluding steroid dienone is 1. The van der Waals surface area contributed by atoms with Crippen LogP contribution in [-0.2, 0) is 22.5 Å². The van der Waals surface area contributed by atoms with Gasteiger partial charge in [0.2, 0.25) is 0 Å². The molecule has 0 spiro atoms. The molecule has 0 aliphatic heterocycles. The van der Waals surface area contributed by atoms with E-state index in [0.29, 0.717) is 26.8 Å². The third-order valence-electron chi connectivity index (χ3n) is 6.57. The molecular formula is C28H30N2O2S. The van der Waals surface area contributed by atoms with Crippen LogP contribution in [0.5, 0.6) is 5.75 Å². The van der Waals surface area contributed by atoms with Gasteiger partial charge in [0, 0.05) is 33.9 Å². The Kier molecular flexibility index (Phi) is 5.44. The second kappa shape index (κ2) is 8.18. The Morgan fingerprint density at radius 3 is 2.67 bits per heavy atom. The van der Waals surface area contributed by atoms with Crippen LogP contribution in [-0.4, -0.2) is 16.0 Å². The van der Waals surface area contributed by atoms with E-state index >= 15 is 0 Å². The Balaban J connectivity index is 1.57. The maximum atomic E-state index is 13.1. The Morgan fingerprint density at radius 1 is 1.18 bits per heavy atom. The number of aliphatic imine (C=N–C) groups is 1. The van der Waals surface area contributed by atoms with Crippen molar-refractivity contribution in [1.29, 1.82) is 0 Å². The van der Waals surface area contributed by atoms with Gasteiger partial charge < -0.3 is 4.74 Å². The first-order valence-electron chi connectivity index (χ1n) is 11.6. The topological polar surface area (TPSA) is 64.7 Å². The molecular weight excluding hydrogens is 428 g/mol. The van der Waals surface area contributed by atoms with Gasteiger partial charge >= 0.3 is 0 Å². The maximum Gasteiger partial charge on any atom is 0.145 e. The summed E-state index contributed by atoms with van der Waals surface area (Å²) in [6.07, 6.45) is 4.82. The van der Waals surface area contributed by atoms with Crippen LogP contribution in [0.4, 0.5) is 5.69 Å². The molecule has 0 bridgehead atoms. The monoisotopic (exact) mass is 458 g/mol. The molecule has 3 aromatic rings. The quantitative estimate of drug-likeness (QED) is 0.374. The first kappa shape index (κ1) is 22.0. The lowest BCUT2D eigenvalue weighted by molar-refractivity contribution is 0.243. The van der Waals surface area contributed by atoms with Gasteiger partial charge in [-0.1, -0.05) is 19.1 Å². The van der Waals surface area contributed by atoms with Gasteiger partial charge in [0.05, 0.1) is 15.8 Å². The Morgan fingerprint density at radius 2 is 1.97 bits per heavy atom. The predicted octanol–water partition coefficient (Wildman–Crippen LogP) is 6.04. The van der Waals surface area contributed by atoms with Crippen LogP contribution in [0.2, 0.25) is 0 Å². The van der Waals surface area contributed by atoms with Crippen molar-refractivity contribution in [1.82, 2.24) is 0 Å². The molecule has 170 valence electrons. The molecule has 33 heavy (non-hydrogen) atoms. The molecule has 2 atom stereocenters. The number of ether oxygens (including phenoxy) is 1. The van der Waals surface area contributed by atoms with Crippen molar-refractivity contribution >= 4 is 27.2 Å². The fourth-order valence-corrected chi connectivity index (χ4v) is 6.19. The molecule has 0 aromatic heterocycles. The van der Waals surface area contributed by atoms with Crippen LogP contribution in [0, 0.1) is 4.51 Å². The first-order valence-corrected chi connectivity index (χ1v) is 13.2. The fourth-order valence-electron chi connectivity index (χ4n) is 4.89. The minimum Gasteiger partial charge on any atom is -0.489 e. The van der Waals surface area contributed by atoms with E-state index in [1.165, 1.54) is 27.8 Å². The highest BCUT2D eigenvalue weighted by Crippen LogP contribution is 2.40. The highest BCUT2D eigenvalue weighted by Gasteiger charge is 2.28. The molecule has 2 aliphatic carbocycles. The summed E-state index contributed by atoms with van der Waals surface area (Å²) in [5, 5.41) is 6.19. The number of fused-ring (bicyclic) bond motifs is 3. The number of nitrogens with two attached hydrogens (primary N) is 1. The van der Waals surface area contributed by atoms with Crippen molar-refractivity contribution in [2.45, 2.75) is 63.9 Å². The first-order chi connectivity index (χ1) is 15.8. The zero-order valence-electron chi connectivity index (χ0n) is 19.6. The second-order valence-electron chi connectivity index (χ2n) is 9.30. The average molecular weight is 459 g/mol. The SMILES string of the molecule is CCC1C(C)=C=Cc2ccc3c(c21)CC(=Nc1cc(S(N)(=O)=c2cc2)ccc1OC(C)C)C3. The van der Waals surface area contributed by atoms with E-state index in [0.717, 1.165) is 25.0 Å². The summed E-state index contributed by atoms with van der Waals surface area (Å²) >= 11 is 0. The van der Waals surface area contributed by atoms with Gasteiger partial charge in [0.15, 0.2) is 0 Å². The van der Waals surface area contributed by atoms with Gasteiger partial charge in [-0.05, 0) is 91.4 Å². The van der Waals surface area contributed by atoms with Crippen LogP contribution >= 0.6 is 0 Å². The van der Waals surface area contributed by atoms with Gasteiger partial charge in [-0.15, -0.1) is 5.73 Å². The Bertz CT molecular complexity index is 1460. The molecule has 0 heterocycles. The lowest BCUT2D eigenvalue weighted by Gasteiger charge is -2.23. The van der Waals surface area contributed by atoms with E-state index in [-0.39, 0.29) is 6.10 Å². The average Bonchev–Trinajstić information content (AvgIpc) is 3.55. The lowest BCUT2D eigenvalue weighted by Crippen LogP contribution is -2.12. The minimum atomic E-state index is -2.73. The molecule has 2 aliphatic rings. The third-order valence-corrected chi connectivity index (χ3v) is 8.50. The smallest absolute Gasteiger partial charge is 0.145 e. The van der Waals surface area contributed by atoms with Gasteiger partial charge in [0.25, 0.3) is 0 Å². The van der Waals surface area contributed by atoms with Gasteiger partial charge in [-0.2, -0.15) is 0 Å². The number of benzene rings is 2. The summed E-state index contributed by atoms with van der Waals surface area (Å²) in [5.74, 6) is 1.10. The van der Waals surface area contributed by atoms with E-state index in [1.54, 1.807) is 18.2 Å².